The SMILES string of the molecule is O=C(c1cn[nH]c1-c1ccco1)N1CCC(OCCCc2ccccc2)CC1. The summed E-state index contributed by atoms with van der Waals surface area (Å²) in [7, 11) is 0. The lowest BCUT2D eigenvalue weighted by Crippen LogP contribution is -2.41. The molecule has 1 saturated heterocycles. The minimum absolute atomic E-state index is 0.0114. The highest BCUT2D eigenvalue weighted by Crippen LogP contribution is 2.24. The van der Waals surface area contributed by atoms with Crippen molar-refractivity contribution < 1.29 is 13.9 Å². The van der Waals surface area contributed by atoms with Crippen molar-refractivity contribution in [3.8, 4) is 11.5 Å². The maximum Gasteiger partial charge on any atom is 0.257 e. The average Bonchev–Trinajstić information content (AvgIpc) is 3.43. The van der Waals surface area contributed by atoms with E-state index in [9.17, 15) is 4.79 Å². The van der Waals surface area contributed by atoms with E-state index in [4.69, 9.17) is 9.15 Å². The molecule has 1 aliphatic heterocycles. The van der Waals surface area contributed by atoms with Gasteiger partial charge in [0.15, 0.2) is 5.76 Å². The predicted molar refractivity (Wildman–Crippen MR) is 106 cm³/mol. The van der Waals surface area contributed by atoms with E-state index in [-0.39, 0.29) is 12.0 Å². The van der Waals surface area contributed by atoms with Gasteiger partial charge in [-0.05, 0) is 43.4 Å². The Kier molecular flexibility index (Phi) is 5.87. The summed E-state index contributed by atoms with van der Waals surface area (Å²) in [4.78, 5) is 14.8. The van der Waals surface area contributed by atoms with Gasteiger partial charge < -0.3 is 14.1 Å². The topological polar surface area (TPSA) is 71.4 Å². The van der Waals surface area contributed by atoms with Crippen LogP contribution >= 0.6 is 0 Å². The summed E-state index contributed by atoms with van der Waals surface area (Å²) in [6, 6.07) is 14.1. The van der Waals surface area contributed by atoms with Crippen LogP contribution in [0.1, 0.15) is 35.2 Å². The number of hydrogen-bond donors (Lipinski definition) is 1. The van der Waals surface area contributed by atoms with E-state index >= 15 is 0 Å². The quantitative estimate of drug-likeness (QED) is 0.632. The zero-order chi connectivity index (χ0) is 19.2. The van der Waals surface area contributed by atoms with Crippen LogP contribution in [0.25, 0.3) is 11.5 Å². The highest BCUT2D eigenvalue weighted by Gasteiger charge is 2.27. The van der Waals surface area contributed by atoms with E-state index in [0.717, 1.165) is 32.3 Å². The van der Waals surface area contributed by atoms with Crippen LogP contribution < -0.4 is 0 Å². The maximum absolute atomic E-state index is 12.9. The van der Waals surface area contributed by atoms with Crippen LogP contribution in [0.4, 0.5) is 0 Å². The number of H-pyrrole nitrogens is 1. The van der Waals surface area contributed by atoms with E-state index in [1.165, 1.54) is 5.56 Å². The molecule has 0 atom stereocenters. The molecule has 6 heteroatoms. The summed E-state index contributed by atoms with van der Waals surface area (Å²) >= 11 is 0. The monoisotopic (exact) mass is 379 g/mol. The number of hydrogen-bond acceptors (Lipinski definition) is 4. The largest absolute Gasteiger partial charge is 0.463 e. The highest BCUT2D eigenvalue weighted by atomic mass is 16.5. The average molecular weight is 379 g/mol. The molecule has 146 valence electrons. The van der Waals surface area contributed by atoms with Gasteiger partial charge in [0.05, 0.1) is 24.1 Å². The molecular weight excluding hydrogens is 354 g/mol. The zero-order valence-corrected chi connectivity index (χ0v) is 15.8. The van der Waals surface area contributed by atoms with Gasteiger partial charge in [-0.25, -0.2) is 0 Å². The molecule has 0 unspecified atom stereocenters. The Balaban J connectivity index is 1.23. The van der Waals surface area contributed by atoms with E-state index in [2.05, 4.69) is 34.5 Å². The first-order valence-corrected chi connectivity index (χ1v) is 9.83. The Morgan fingerprint density at radius 1 is 1.18 bits per heavy atom. The summed E-state index contributed by atoms with van der Waals surface area (Å²) in [6.45, 7) is 2.16. The standard InChI is InChI=1S/C22H25N3O3/c26-22(19-16-23-24-21(19)20-9-5-15-28-20)25-12-10-18(11-13-25)27-14-4-8-17-6-2-1-3-7-17/h1-3,5-7,9,15-16,18H,4,8,10-14H2,(H,23,24). The molecule has 3 heterocycles. The molecule has 1 aromatic carbocycles. The van der Waals surface area contributed by atoms with E-state index < -0.39 is 0 Å². The summed E-state index contributed by atoms with van der Waals surface area (Å²) in [6.07, 6.45) is 7.18. The second-order valence-corrected chi connectivity index (χ2v) is 7.09. The molecule has 28 heavy (non-hydrogen) atoms. The normalized spacial score (nSPS) is 15.1. The number of ether oxygens (including phenoxy) is 1. The number of aromatic nitrogens is 2. The Morgan fingerprint density at radius 3 is 2.75 bits per heavy atom. The smallest absolute Gasteiger partial charge is 0.257 e. The number of aryl methyl sites for hydroxylation is 1. The second kappa shape index (κ2) is 8.89. The summed E-state index contributed by atoms with van der Waals surface area (Å²) < 4.78 is 11.4. The zero-order valence-electron chi connectivity index (χ0n) is 15.8. The van der Waals surface area contributed by atoms with Crippen LogP contribution in [0.2, 0.25) is 0 Å². The fourth-order valence-corrected chi connectivity index (χ4v) is 3.62. The fraction of sp³-hybridized carbons (Fsp3) is 0.364. The Bertz CT molecular complexity index is 866. The van der Waals surface area contributed by atoms with Gasteiger partial charge in [0.1, 0.15) is 5.69 Å². The number of furan rings is 1. The summed E-state index contributed by atoms with van der Waals surface area (Å²) in [5.41, 5.74) is 2.53. The third-order valence-corrected chi connectivity index (χ3v) is 5.17. The van der Waals surface area contributed by atoms with Crippen LogP contribution in [0.15, 0.2) is 59.3 Å². The Morgan fingerprint density at radius 2 is 2.00 bits per heavy atom. The number of amides is 1. The van der Waals surface area contributed by atoms with Crippen LogP contribution in [-0.2, 0) is 11.2 Å². The number of rotatable bonds is 7. The van der Waals surface area contributed by atoms with Crippen molar-refractivity contribution in [1.82, 2.24) is 15.1 Å². The molecule has 2 aromatic heterocycles. The number of carbonyl (C=O) groups is 1. The molecule has 0 spiro atoms. The molecule has 0 aliphatic carbocycles. The van der Waals surface area contributed by atoms with Crippen LogP contribution in [0.3, 0.4) is 0 Å². The van der Waals surface area contributed by atoms with Gasteiger partial charge in [-0.2, -0.15) is 5.10 Å². The number of nitrogens with zero attached hydrogens (tertiary/aromatic N) is 2. The summed E-state index contributed by atoms with van der Waals surface area (Å²) in [5, 5.41) is 6.90. The van der Waals surface area contributed by atoms with Crippen molar-refractivity contribution in [1.29, 1.82) is 0 Å². The van der Waals surface area contributed by atoms with Crippen LogP contribution in [-0.4, -0.2) is 46.8 Å². The lowest BCUT2D eigenvalue weighted by molar-refractivity contribution is 0.00790. The van der Waals surface area contributed by atoms with Gasteiger partial charge in [-0.15, -0.1) is 0 Å². The van der Waals surface area contributed by atoms with Crippen molar-refractivity contribution in [2.45, 2.75) is 31.8 Å². The summed E-state index contributed by atoms with van der Waals surface area (Å²) in [5.74, 6) is 0.611. The molecule has 0 saturated carbocycles. The number of piperidine rings is 1. The number of aromatic amines is 1. The molecule has 1 aliphatic rings. The molecule has 1 amide bonds. The van der Waals surface area contributed by atoms with E-state index in [1.807, 2.05) is 17.0 Å². The lowest BCUT2D eigenvalue weighted by atomic mass is 10.1. The molecule has 1 fully saturated rings. The maximum atomic E-state index is 12.9. The molecule has 1 N–H and O–H groups in total. The second-order valence-electron chi connectivity index (χ2n) is 7.09. The van der Waals surface area contributed by atoms with Crippen molar-refractivity contribution in [2.24, 2.45) is 0 Å². The highest BCUT2D eigenvalue weighted by molar-refractivity contribution is 5.99. The minimum Gasteiger partial charge on any atom is -0.463 e. The number of carbonyl (C=O) groups excluding carboxylic acids is 1. The van der Waals surface area contributed by atoms with Crippen LogP contribution in [0.5, 0.6) is 0 Å². The van der Waals surface area contributed by atoms with Crippen molar-refractivity contribution in [3.05, 3.63) is 66.1 Å². The molecule has 3 aromatic rings. The first kappa shape index (κ1) is 18.5. The van der Waals surface area contributed by atoms with Gasteiger partial charge in [0, 0.05) is 19.7 Å². The van der Waals surface area contributed by atoms with Gasteiger partial charge in [-0.1, -0.05) is 30.3 Å². The van der Waals surface area contributed by atoms with E-state index in [1.54, 1.807) is 18.5 Å². The van der Waals surface area contributed by atoms with Crippen LogP contribution in [0, 0.1) is 0 Å². The molecular formula is C22H25N3O3. The molecule has 4 rings (SSSR count). The third kappa shape index (κ3) is 4.34. The number of benzene rings is 1. The van der Waals surface area contributed by atoms with Crippen molar-refractivity contribution in [3.63, 3.8) is 0 Å². The number of likely N-dealkylation sites (tertiary alicyclic amines) is 1. The van der Waals surface area contributed by atoms with Gasteiger partial charge in [0.25, 0.3) is 5.91 Å². The first-order valence-electron chi connectivity index (χ1n) is 9.83. The van der Waals surface area contributed by atoms with E-state index in [0.29, 0.717) is 30.1 Å². The minimum atomic E-state index is -0.0114. The Labute approximate surface area is 164 Å². The molecule has 0 bridgehead atoms. The third-order valence-electron chi connectivity index (χ3n) is 5.17. The predicted octanol–water partition coefficient (Wildman–Crippen LogP) is 3.92. The molecule has 0 radical (unpaired) electrons. The first-order chi connectivity index (χ1) is 13.8. The Hall–Kier alpha value is -2.86. The lowest BCUT2D eigenvalue weighted by Gasteiger charge is -2.32. The fourth-order valence-electron chi connectivity index (χ4n) is 3.62. The van der Waals surface area contributed by atoms with Gasteiger partial charge in [-0.3, -0.25) is 9.89 Å². The number of nitrogens with one attached hydrogen (secondary N) is 1. The van der Waals surface area contributed by atoms with Crippen molar-refractivity contribution >= 4 is 5.91 Å². The van der Waals surface area contributed by atoms with Gasteiger partial charge >= 0.3 is 0 Å². The molecule has 6 nitrogen and oxygen atoms in total. The van der Waals surface area contributed by atoms with Crippen molar-refractivity contribution in [2.75, 3.05) is 19.7 Å². The van der Waals surface area contributed by atoms with Gasteiger partial charge in [0.2, 0.25) is 0 Å².